The number of rotatable bonds is 1. The Bertz CT molecular complexity index is 536. The fourth-order valence-corrected chi connectivity index (χ4v) is 1.77. The van der Waals surface area contributed by atoms with Gasteiger partial charge < -0.3 is 0 Å². The summed E-state index contributed by atoms with van der Waals surface area (Å²) in [4.78, 5) is 9.10. The van der Waals surface area contributed by atoms with Crippen LogP contribution in [0.15, 0.2) is 24.4 Å². The van der Waals surface area contributed by atoms with E-state index in [9.17, 15) is 0 Å². The van der Waals surface area contributed by atoms with Gasteiger partial charge in [0.1, 0.15) is 5.82 Å². The van der Waals surface area contributed by atoms with Gasteiger partial charge in [-0.05, 0) is 23.6 Å². The van der Waals surface area contributed by atoms with Crippen molar-refractivity contribution in [2.24, 2.45) is 0 Å². The first kappa shape index (κ1) is 12.0. The number of fused-ring (bicyclic) bond motifs is 1. The SMILES string of the molecule is CC(C)c1ccc2nc(C(C)(C)C)ncc2c1. The Labute approximate surface area is 103 Å². The van der Waals surface area contributed by atoms with Crippen LogP contribution in [0.4, 0.5) is 0 Å². The van der Waals surface area contributed by atoms with E-state index in [4.69, 9.17) is 0 Å². The molecule has 0 amide bonds. The van der Waals surface area contributed by atoms with Gasteiger partial charge in [0.05, 0.1) is 5.52 Å². The Morgan fingerprint density at radius 1 is 1.12 bits per heavy atom. The van der Waals surface area contributed by atoms with Gasteiger partial charge in [0.25, 0.3) is 0 Å². The summed E-state index contributed by atoms with van der Waals surface area (Å²) in [6, 6.07) is 6.44. The summed E-state index contributed by atoms with van der Waals surface area (Å²) in [5, 5.41) is 1.13. The minimum absolute atomic E-state index is 0.00487. The van der Waals surface area contributed by atoms with Crippen molar-refractivity contribution in [3.05, 3.63) is 35.8 Å². The lowest BCUT2D eigenvalue weighted by molar-refractivity contribution is 0.548. The second-order valence-electron chi connectivity index (χ2n) is 5.92. The highest BCUT2D eigenvalue weighted by atomic mass is 14.9. The molecule has 2 aromatic rings. The van der Waals surface area contributed by atoms with Crippen molar-refractivity contribution in [2.45, 2.75) is 46.0 Å². The molecule has 0 saturated heterocycles. The molecule has 0 aliphatic heterocycles. The summed E-state index contributed by atoms with van der Waals surface area (Å²) < 4.78 is 0. The predicted octanol–water partition coefficient (Wildman–Crippen LogP) is 4.05. The highest BCUT2D eigenvalue weighted by molar-refractivity contribution is 5.78. The van der Waals surface area contributed by atoms with Gasteiger partial charge in [-0.15, -0.1) is 0 Å². The van der Waals surface area contributed by atoms with E-state index >= 15 is 0 Å². The molecule has 2 heteroatoms. The Morgan fingerprint density at radius 2 is 1.82 bits per heavy atom. The minimum atomic E-state index is 0.00487. The summed E-state index contributed by atoms with van der Waals surface area (Å²) in [7, 11) is 0. The molecule has 0 radical (unpaired) electrons. The summed E-state index contributed by atoms with van der Waals surface area (Å²) >= 11 is 0. The topological polar surface area (TPSA) is 25.8 Å². The first-order valence-corrected chi connectivity index (χ1v) is 6.15. The van der Waals surface area contributed by atoms with E-state index in [2.05, 4.69) is 62.8 Å². The summed E-state index contributed by atoms with van der Waals surface area (Å²) in [5.74, 6) is 1.45. The van der Waals surface area contributed by atoms with Gasteiger partial charge >= 0.3 is 0 Å². The molecule has 1 heterocycles. The van der Waals surface area contributed by atoms with Crippen LogP contribution in [0.5, 0.6) is 0 Å². The molecule has 1 aromatic carbocycles. The smallest absolute Gasteiger partial charge is 0.134 e. The van der Waals surface area contributed by atoms with Gasteiger partial charge in [-0.2, -0.15) is 0 Å². The maximum atomic E-state index is 4.64. The average molecular weight is 228 g/mol. The van der Waals surface area contributed by atoms with Gasteiger partial charge in [-0.3, -0.25) is 0 Å². The fraction of sp³-hybridized carbons (Fsp3) is 0.467. The predicted molar refractivity (Wildman–Crippen MR) is 72.3 cm³/mol. The molecule has 0 aliphatic rings. The zero-order valence-electron chi connectivity index (χ0n) is 11.3. The number of benzene rings is 1. The van der Waals surface area contributed by atoms with Crippen LogP contribution in [-0.2, 0) is 5.41 Å². The molecule has 0 unspecified atom stereocenters. The van der Waals surface area contributed by atoms with Crippen LogP contribution < -0.4 is 0 Å². The van der Waals surface area contributed by atoms with Gasteiger partial charge in [-0.1, -0.05) is 40.7 Å². The molecule has 90 valence electrons. The van der Waals surface area contributed by atoms with Crippen molar-refractivity contribution in [3.63, 3.8) is 0 Å². The quantitative estimate of drug-likeness (QED) is 0.736. The Morgan fingerprint density at radius 3 is 2.41 bits per heavy atom. The van der Waals surface area contributed by atoms with Crippen LogP contribution in [0.3, 0.4) is 0 Å². The van der Waals surface area contributed by atoms with Crippen LogP contribution in [-0.4, -0.2) is 9.97 Å². The molecular weight excluding hydrogens is 208 g/mol. The van der Waals surface area contributed by atoms with E-state index in [1.54, 1.807) is 0 Å². The molecule has 2 nitrogen and oxygen atoms in total. The molecule has 2 rings (SSSR count). The third-order valence-electron chi connectivity index (χ3n) is 2.94. The van der Waals surface area contributed by atoms with Crippen molar-refractivity contribution in [3.8, 4) is 0 Å². The van der Waals surface area contributed by atoms with Gasteiger partial charge in [-0.25, -0.2) is 9.97 Å². The second kappa shape index (κ2) is 4.10. The Hall–Kier alpha value is -1.44. The number of hydrogen-bond acceptors (Lipinski definition) is 2. The maximum Gasteiger partial charge on any atom is 0.134 e. The molecule has 0 fully saturated rings. The number of aromatic nitrogens is 2. The molecule has 1 aromatic heterocycles. The van der Waals surface area contributed by atoms with Crippen molar-refractivity contribution in [2.75, 3.05) is 0 Å². The number of nitrogens with zero attached hydrogens (tertiary/aromatic N) is 2. The lowest BCUT2D eigenvalue weighted by atomic mass is 9.95. The standard InChI is InChI=1S/C15H20N2/c1-10(2)11-6-7-13-12(8-11)9-16-14(17-13)15(3,4)5/h6-10H,1-5H3. The van der Waals surface area contributed by atoms with Crippen LogP contribution >= 0.6 is 0 Å². The van der Waals surface area contributed by atoms with Gasteiger partial charge in [0, 0.05) is 17.0 Å². The van der Waals surface area contributed by atoms with E-state index in [0.29, 0.717) is 5.92 Å². The highest BCUT2D eigenvalue weighted by Gasteiger charge is 2.17. The number of hydrogen-bond donors (Lipinski definition) is 0. The molecule has 0 spiro atoms. The summed E-state index contributed by atoms with van der Waals surface area (Å²) in [6.45, 7) is 10.8. The Kier molecular flexibility index (Phi) is 2.90. The first-order chi connectivity index (χ1) is 7.88. The molecule has 0 bridgehead atoms. The third-order valence-corrected chi connectivity index (χ3v) is 2.94. The van der Waals surface area contributed by atoms with Crippen molar-refractivity contribution in [1.29, 1.82) is 0 Å². The normalized spacial score (nSPS) is 12.4. The zero-order chi connectivity index (χ0) is 12.6. The largest absolute Gasteiger partial charge is 0.240 e. The van der Waals surface area contributed by atoms with Gasteiger partial charge in [0.2, 0.25) is 0 Å². The average Bonchev–Trinajstić information content (AvgIpc) is 2.26. The molecule has 17 heavy (non-hydrogen) atoms. The van der Waals surface area contributed by atoms with Crippen molar-refractivity contribution >= 4 is 10.9 Å². The Balaban J connectivity index is 2.54. The highest BCUT2D eigenvalue weighted by Crippen LogP contribution is 2.23. The van der Waals surface area contributed by atoms with Crippen LogP contribution in [0.2, 0.25) is 0 Å². The minimum Gasteiger partial charge on any atom is -0.240 e. The summed E-state index contributed by atoms with van der Waals surface area (Å²) in [5.41, 5.74) is 2.38. The van der Waals surface area contributed by atoms with Crippen molar-refractivity contribution in [1.82, 2.24) is 9.97 Å². The second-order valence-corrected chi connectivity index (χ2v) is 5.92. The monoisotopic (exact) mass is 228 g/mol. The van der Waals surface area contributed by atoms with E-state index in [1.165, 1.54) is 5.56 Å². The first-order valence-electron chi connectivity index (χ1n) is 6.15. The van der Waals surface area contributed by atoms with Crippen LogP contribution in [0.25, 0.3) is 10.9 Å². The molecule has 0 aliphatic carbocycles. The molecule has 0 N–H and O–H groups in total. The van der Waals surface area contributed by atoms with E-state index < -0.39 is 0 Å². The molecule has 0 atom stereocenters. The summed E-state index contributed by atoms with van der Waals surface area (Å²) in [6.07, 6.45) is 1.94. The van der Waals surface area contributed by atoms with Crippen LogP contribution in [0.1, 0.15) is 51.9 Å². The fourth-order valence-electron chi connectivity index (χ4n) is 1.77. The van der Waals surface area contributed by atoms with E-state index in [1.807, 2.05) is 6.20 Å². The molecular formula is C15H20N2. The molecule has 0 saturated carbocycles. The lowest BCUT2D eigenvalue weighted by Gasteiger charge is -2.16. The van der Waals surface area contributed by atoms with Crippen LogP contribution in [0, 0.1) is 0 Å². The lowest BCUT2D eigenvalue weighted by Crippen LogP contribution is -2.15. The van der Waals surface area contributed by atoms with E-state index in [0.717, 1.165) is 16.7 Å². The van der Waals surface area contributed by atoms with Gasteiger partial charge in [0.15, 0.2) is 0 Å². The van der Waals surface area contributed by atoms with Crippen molar-refractivity contribution < 1.29 is 0 Å². The third kappa shape index (κ3) is 2.46. The van der Waals surface area contributed by atoms with E-state index in [-0.39, 0.29) is 5.41 Å². The maximum absolute atomic E-state index is 4.64. The zero-order valence-corrected chi connectivity index (χ0v) is 11.3.